The molecule has 3 fully saturated rings. The number of amides is 1. The summed E-state index contributed by atoms with van der Waals surface area (Å²) >= 11 is 0. The average Bonchev–Trinajstić information content (AvgIpc) is 2.49. The van der Waals surface area contributed by atoms with E-state index in [1.54, 1.807) is 0 Å². The first-order chi connectivity index (χ1) is 10.9. The smallest absolute Gasteiger partial charge is 0.225 e. The van der Waals surface area contributed by atoms with Crippen molar-refractivity contribution >= 4 is 5.91 Å². The fraction of sp³-hybridized carbons (Fsp3) is 0.944. The Labute approximate surface area is 140 Å². The van der Waals surface area contributed by atoms with Crippen LogP contribution in [0.3, 0.4) is 0 Å². The highest BCUT2D eigenvalue weighted by molar-refractivity contribution is 5.78. The molecule has 23 heavy (non-hydrogen) atoms. The second-order valence-corrected chi connectivity index (χ2v) is 8.41. The number of fused-ring (bicyclic) bond motifs is 2. The highest BCUT2D eigenvalue weighted by atomic mass is 16.5. The summed E-state index contributed by atoms with van der Waals surface area (Å²) < 4.78 is 5.70. The third-order valence-corrected chi connectivity index (χ3v) is 5.62. The average molecular weight is 323 g/mol. The molecule has 0 bridgehead atoms. The molecule has 3 saturated heterocycles. The molecule has 1 spiro atoms. The largest absolute Gasteiger partial charge is 0.378 e. The first-order valence-corrected chi connectivity index (χ1v) is 9.27. The van der Waals surface area contributed by atoms with Gasteiger partial charge in [-0.1, -0.05) is 27.7 Å². The van der Waals surface area contributed by atoms with Gasteiger partial charge in [0.1, 0.15) is 0 Å². The van der Waals surface area contributed by atoms with Crippen molar-refractivity contribution in [2.45, 2.75) is 45.7 Å². The van der Waals surface area contributed by atoms with Gasteiger partial charge < -0.3 is 9.64 Å². The number of hydrogen-bond donors (Lipinski definition) is 0. The maximum atomic E-state index is 12.5. The normalized spacial score (nSPS) is 28.3. The van der Waals surface area contributed by atoms with Gasteiger partial charge in [-0.2, -0.15) is 0 Å². The van der Waals surface area contributed by atoms with Gasteiger partial charge in [-0.05, 0) is 18.9 Å². The Morgan fingerprint density at radius 3 is 2.61 bits per heavy atom. The van der Waals surface area contributed by atoms with E-state index in [0.29, 0.717) is 11.9 Å². The van der Waals surface area contributed by atoms with Crippen molar-refractivity contribution in [1.29, 1.82) is 0 Å². The fourth-order valence-electron chi connectivity index (χ4n) is 4.40. The highest BCUT2D eigenvalue weighted by Gasteiger charge is 2.54. The molecule has 5 nitrogen and oxygen atoms in total. The van der Waals surface area contributed by atoms with E-state index in [4.69, 9.17) is 4.74 Å². The van der Waals surface area contributed by atoms with E-state index in [2.05, 4.69) is 28.5 Å². The summed E-state index contributed by atoms with van der Waals surface area (Å²) in [6, 6.07) is 0.382. The van der Waals surface area contributed by atoms with Crippen molar-refractivity contribution in [3.05, 3.63) is 0 Å². The van der Waals surface area contributed by atoms with E-state index in [0.717, 1.165) is 51.9 Å². The molecule has 0 N–H and O–H groups in total. The zero-order chi connectivity index (χ0) is 16.6. The number of rotatable bonds is 4. The van der Waals surface area contributed by atoms with Crippen LogP contribution in [0, 0.1) is 11.8 Å². The third-order valence-electron chi connectivity index (χ3n) is 5.62. The topological polar surface area (TPSA) is 36.0 Å². The Morgan fingerprint density at radius 2 is 1.96 bits per heavy atom. The van der Waals surface area contributed by atoms with Crippen LogP contribution in [0.4, 0.5) is 0 Å². The van der Waals surface area contributed by atoms with Crippen molar-refractivity contribution in [2.24, 2.45) is 11.8 Å². The summed E-state index contributed by atoms with van der Waals surface area (Å²) in [4.78, 5) is 19.9. The van der Waals surface area contributed by atoms with Gasteiger partial charge in [0, 0.05) is 38.6 Å². The minimum absolute atomic E-state index is 0.0835. The number of likely N-dealkylation sites (tertiary alicyclic amines) is 1. The van der Waals surface area contributed by atoms with Gasteiger partial charge in [0.25, 0.3) is 0 Å². The molecule has 0 aromatic carbocycles. The van der Waals surface area contributed by atoms with Crippen molar-refractivity contribution in [1.82, 2.24) is 14.7 Å². The molecule has 0 aromatic heterocycles. The number of hydrogen-bond acceptors (Lipinski definition) is 4. The molecule has 3 heterocycles. The van der Waals surface area contributed by atoms with Gasteiger partial charge in [0.05, 0.1) is 24.8 Å². The number of morpholine rings is 1. The lowest BCUT2D eigenvalue weighted by Crippen LogP contribution is -2.81. The lowest BCUT2D eigenvalue weighted by Gasteiger charge is -2.63. The van der Waals surface area contributed by atoms with Gasteiger partial charge in [0.15, 0.2) is 0 Å². The summed E-state index contributed by atoms with van der Waals surface area (Å²) in [6.07, 6.45) is 1.26. The van der Waals surface area contributed by atoms with Crippen LogP contribution in [0.15, 0.2) is 0 Å². The van der Waals surface area contributed by atoms with Crippen LogP contribution in [0.5, 0.6) is 0 Å². The summed E-state index contributed by atoms with van der Waals surface area (Å²) in [5, 5.41) is 0. The summed E-state index contributed by atoms with van der Waals surface area (Å²) in [6.45, 7) is 16.4. The van der Waals surface area contributed by atoms with Crippen molar-refractivity contribution < 1.29 is 9.53 Å². The van der Waals surface area contributed by atoms with Gasteiger partial charge in [-0.3, -0.25) is 14.6 Å². The molecular formula is C18H33N3O2. The van der Waals surface area contributed by atoms with E-state index in [9.17, 15) is 4.79 Å². The SMILES string of the molecule is CC(C)CCN1CC2(C1)CN(C(=O)C(C)C)C[C@@H]1COCCN12. The van der Waals surface area contributed by atoms with E-state index in [1.165, 1.54) is 13.0 Å². The van der Waals surface area contributed by atoms with Crippen LogP contribution in [0.25, 0.3) is 0 Å². The van der Waals surface area contributed by atoms with Crippen molar-refractivity contribution in [3.63, 3.8) is 0 Å². The molecule has 0 aliphatic carbocycles. The molecule has 0 radical (unpaired) electrons. The highest BCUT2D eigenvalue weighted by Crippen LogP contribution is 2.36. The van der Waals surface area contributed by atoms with Gasteiger partial charge >= 0.3 is 0 Å². The third kappa shape index (κ3) is 3.42. The predicted molar refractivity (Wildman–Crippen MR) is 91.4 cm³/mol. The Morgan fingerprint density at radius 1 is 1.22 bits per heavy atom. The van der Waals surface area contributed by atoms with E-state index >= 15 is 0 Å². The zero-order valence-corrected chi connectivity index (χ0v) is 15.3. The van der Waals surface area contributed by atoms with E-state index < -0.39 is 0 Å². The fourth-order valence-corrected chi connectivity index (χ4v) is 4.40. The molecule has 1 atom stereocenters. The summed E-state index contributed by atoms with van der Waals surface area (Å²) in [7, 11) is 0. The maximum Gasteiger partial charge on any atom is 0.225 e. The van der Waals surface area contributed by atoms with Crippen molar-refractivity contribution in [3.8, 4) is 0 Å². The van der Waals surface area contributed by atoms with Crippen LogP contribution in [-0.2, 0) is 9.53 Å². The van der Waals surface area contributed by atoms with Crippen LogP contribution < -0.4 is 0 Å². The second kappa shape index (κ2) is 6.69. The summed E-state index contributed by atoms with van der Waals surface area (Å²) in [5.74, 6) is 1.14. The quantitative estimate of drug-likeness (QED) is 0.781. The van der Waals surface area contributed by atoms with Crippen LogP contribution >= 0.6 is 0 Å². The Balaban J connectivity index is 1.68. The van der Waals surface area contributed by atoms with Crippen molar-refractivity contribution in [2.75, 3.05) is 52.5 Å². The molecular weight excluding hydrogens is 290 g/mol. The van der Waals surface area contributed by atoms with Gasteiger partial charge in [-0.25, -0.2) is 0 Å². The molecule has 3 aliphatic rings. The summed E-state index contributed by atoms with van der Waals surface area (Å²) in [5.41, 5.74) is 0.175. The molecule has 5 heteroatoms. The minimum atomic E-state index is 0.0835. The van der Waals surface area contributed by atoms with E-state index in [1.807, 2.05) is 13.8 Å². The maximum absolute atomic E-state index is 12.5. The number of nitrogens with zero attached hydrogens (tertiary/aromatic N) is 3. The van der Waals surface area contributed by atoms with Crippen LogP contribution in [0.1, 0.15) is 34.1 Å². The number of carbonyl (C=O) groups is 1. The number of ether oxygens (including phenoxy) is 1. The van der Waals surface area contributed by atoms with Gasteiger partial charge in [0.2, 0.25) is 5.91 Å². The second-order valence-electron chi connectivity index (χ2n) is 8.41. The molecule has 3 rings (SSSR count). The standard InChI is InChI=1S/C18H33N3O2/c1-14(2)5-6-19-11-18(12-19)13-20(17(22)15(3)4)9-16-10-23-8-7-21(16)18/h14-16H,5-13H2,1-4H3/t16-/m1/s1. The Hall–Kier alpha value is -0.650. The first-order valence-electron chi connectivity index (χ1n) is 9.27. The van der Waals surface area contributed by atoms with E-state index in [-0.39, 0.29) is 11.5 Å². The number of piperazine rings is 1. The zero-order valence-electron chi connectivity index (χ0n) is 15.3. The predicted octanol–water partition coefficient (Wildman–Crippen LogP) is 1.29. The Kier molecular flexibility index (Phi) is 5.00. The molecule has 0 aromatic rings. The minimum Gasteiger partial charge on any atom is -0.378 e. The van der Waals surface area contributed by atoms with Crippen LogP contribution in [-0.4, -0.2) is 84.7 Å². The molecule has 0 unspecified atom stereocenters. The lowest BCUT2D eigenvalue weighted by atomic mass is 9.82. The monoisotopic (exact) mass is 323 g/mol. The lowest BCUT2D eigenvalue weighted by molar-refractivity contribution is -0.176. The molecule has 0 saturated carbocycles. The molecule has 132 valence electrons. The molecule has 1 amide bonds. The first kappa shape index (κ1) is 17.2. The number of carbonyl (C=O) groups excluding carboxylic acids is 1. The molecule has 3 aliphatic heterocycles. The van der Waals surface area contributed by atoms with Crippen LogP contribution in [0.2, 0.25) is 0 Å². The van der Waals surface area contributed by atoms with Gasteiger partial charge in [-0.15, -0.1) is 0 Å². The Bertz CT molecular complexity index is 432.